The SMILES string of the molecule is CCCCCCCC/C=C/CCCCCCCC(=O)OC(CCCCCC)CCCCCCCCCCC(=O)OC(C/C=C/CCCCCCCC(C)=O)CCCCCC. The number of unbranched alkanes of at least 4 members (excludes halogenated alkanes) is 29. The van der Waals surface area contributed by atoms with Gasteiger partial charge in [-0.3, -0.25) is 9.59 Å². The van der Waals surface area contributed by atoms with Crippen molar-refractivity contribution >= 4 is 17.7 Å². The number of allylic oxidation sites excluding steroid dienone is 3. The summed E-state index contributed by atoms with van der Waals surface area (Å²) in [5.74, 6) is 0.300. The molecule has 0 aromatic rings. The Morgan fingerprint density at radius 3 is 1.07 bits per heavy atom. The minimum absolute atomic E-state index is 0.00799. The zero-order chi connectivity index (χ0) is 43.8. The summed E-state index contributed by atoms with van der Waals surface area (Å²) in [7, 11) is 0. The van der Waals surface area contributed by atoms with E-state index in [2.05, 4.69) is 45.1 Å². The Hall–Kier alpha value is -1.91. The average Bonchev–Trinajstić information content (AvgIpc) is 3.23. The van der Waals surface area contributed by atoms with E-state index in [9.17, 15) is 14.4 Å². The fraction of sp³-hybridized carbons (Fsp3) is 0.873. The van der Waals surface area contributed by atoms with Crippen molar-refractivity contribution in [3.05, 3.63) is 24.3 Å². The monoisotopic (exact) mass is 843 g/mol. The van der Waals surface area contributed by atoms with Gasteiger partial charge in [0.1, 0.15) is 18.0 Å². The van der Waals surface area contributed by atoms with Gasteiger partial charge in [-0.2, -0.15) is 0 Å². The highest BCUT2D eigenvalue weighted by Crippen LogP contribution is 2.20. The third-order valence-corrected chi connectivity index (χ3v) is 12.1. The van der Waals surface area contributed by atoms with Crippen molar-refractivity contribution in [2.45, 2.75) is 310 Å². The lowest BCUT2D eigenvalue weighted by Gasteiger charge is -2.18. The summed E-state index contributed by atoms with van der Waals surface area (Å²) in [5, 5.41) is 0. The van der Waals surface area contributed by atoms with E-state index in [4.69, 9.17) is 9.47 Å². The van der Waals surface area contributed by atoms with Crippen LogP contribution in [0.25, 0.3) is 0 Å². The van der Waals surface area contributed by atoms with Gasteiger partial charge in [-0.15, -0.1) is 0 Å². The second-order valence-electron chi connectivity index (χ2n) is 18.3. The van der Waals surface area contributed by atoms with Crippen molar-refractivity contribution in [3.8, 4) is 0 Å². The van der Waals surface area contributed by atoms with Gasteiger partial charge in [0.25, 0.3) is 0 Å². The van der Waals surface area contributed by atoms with Crippen LogP contribution in [0.2, 0.25) is 0 Å². The maximum absolute atomic E-state index is 12.7. The van der Waals surface area contributed by atoms with Gasteiger partial charge >= 0.3 is 11.9 Å². The molecule has 0 heterocycles. The molecular weight excluding hydrogens is 741 g/mol. The maximum Gasteiger partial charge on any atom is 0.306 e. The van der Waals surface area contributed by atoms with Gasteiger partial charge in [0, 0.05) is 25.7 Å². The first-order chi connectivity index (χ1) is 29.4. The molecule has 2 atom stereocenters. The summed E-state index contributed by atoms with van der Waals surface area (Å²) in [4.78, 5) is 36.6. The number of ether oxygens (including phenoxy) is 2. The Kier molecular flexibility index (Phi) is 46.6. The Morgan fingerprint density at radius 2 is 0.650 bits per heavy atom. The molecule has 0 aliphatic carbocycles. The lowest BCUT2D eigenvalue weighted by molar-refractivity contribution is -0.150. The van der Waals surface area contributed by atoms with E-state index in [1.807, 2.05) is 0 Å². The second kappa shape index (κ2) is 48.1. The molecule has 2 unspecified atom stereocenters. The van der Waals surface area contributed by atoms with Crippen LogP contribution < -0.4 is 0 Å². The fourth-order valence-electron chi connectivity index (χ4n) is 8.15. The molecule has 0 aliphatic heterocycles. The number of rotatable bonds is 48. The first kappa shape index (κ1) is 58.1. The van der Waals surface area contributed by atoms with Crippen LogP contribution in [0.4, 0.5) is 0 Å². The van der Waals surface area contributed by atoms with Gasteiger partial charge in [-0.25, -0.2) is 0 Å². The Bertz CT molecular complexity index is 985. The highest BCUT2D eigenvalue weighted by molar-refractivity contribution is 5.75. The van der Waals surface area contributed by atoms with Crippen LogP contribution in [0.5, 0.6) is 0 Å². The van der Waals surface area contributed by atoms with Gasteiger partial charge in [-0.1, -0.05) is 193 Å². The first-order valence-corrected chi connectivity index (χ1v) is 26.6. The number of Topliss-reactive ketones (excluding diaryl/α,β-unsaturated/α-hetero) is 1. The van der Waals surface area contributed by atoms with E-state index in [-0.39, 0.29) is 24.1 Å². The zero-order valence-corrected chi connectivity index (χ0v) is 40.7. The van der Waals surface area contributed by atoms with Crippen molar-refractivity contribution in [1.29, 1.82) is 0 Å². The zero-order valence-electron chi connectivity index (χ0n) is 40.7. The summed E-state index contributed by atoms with van der Waals surface area (Å²) in [6.45, 7) is 8.44. The van der Waals surface area contributed by atoms with Crippen molar-refractivity contribution in [3.63, 3.8) is 0 Å². The van der Waals surface area contributed by atoms with Crippen LogP contribution >= 0.6 is 0 Å². The minimum atomic E-state index is -0.0212. The second-order valence-corrected chi connectivity index (χ2v) is 18.3. The lowest BCUT2D eigenvalue weighted by atomic mass is 10.0. The molecule has 0 radical (unpaired) electrons. The third kappa shape index (κ3) is 45.6. The summed E-state index contributed by atoms with van der Waals surface area (Å²) in [6.07, 6.45) is 57.3. The molecular formula is C55H102O5. The number of hydrogen-bond donors (Lipinski definition) is 0. The van der Waals surface area contributed by atoms with Gasteiger partial charge in [0.2, 0.25) is 0 Å². The van der Waals surface area contributed by atoms with Crippen LogP contribution in [-0.4, -0.2) is 29.9 Å². The molecule has 0 fully saturated rings. The molecule has 5 heteroatoms. The maximum atomic E-state index is 12.7. The average molecular weight is 843 g/mol. The number of hydrogen-bond acceptors (Lipinski definition) is 5. The van der Waals surface area contributed by atoms with Crippen LogP contribution in [0, 0.1) is 0 Å². The first-order valence-electron chi connectivity index (χ1n) is 26.6. The van der Waals surface area contributed by atoms with E-state index >= 15 is 0 Å². The molecule has 5 nitrogen and oxygen atoms in total. The number of carbonyl (C=O) groups is 3. The highest BCUT2D eigenvalue weighted by Gasteiger charge is 2.15. The Labute approximate surface area is 374 Å². The summed E-state index contributed by atoms with van der Waals surface area (Å²) in [6, 6.07) is 0. The minimum Gasteiger partial charge on any atom is -0.462 e. The number of carbonyl (C=O) groups excluding carboxylic acids is 3. The van der Waals surface area contributed by atoms with Gasteiger partial charge in [-0.05, 0) is 103 Å². The highest BCUT2D eigenvalue weighted by atomic mass is 16.5. The molecule has 0 N–H and O–H groups in total. The molecule has 60 heavy (non-hydrogen) atoms. The molecule has 0 aromatic heterocycles. The molecule has 0 saturated heterocycles. The van der Waals surface area contributed by atoms with Gasteiger partial charge < -0.3 is 14.3 Å². The largest absolute Gasteiger partial charge is 0.462 e. The summed E-state index contributed by atoms with van der Waals surface area (Å²) >= 11 is 0. The van der Waals surface area contributed by atoms with Crippen molar-refractivity contribution < 1.29 is 23.9 Å². The number of esters is 2. The fourth-order valence-corrected chi connectivity index (χ4v) is 8.15. The van der Waals surface area contributed by atoms with Crippen LogP contribution in [0.1, 0.15) is 297 Å². The quantitative estimate of drug-likeness (QED) is 0.0347. The van der Waals surface area contributed by atoms with Crippen molar-refractivity contribution in [2.75, 3.05) is 0 Å². The van der Waals surface area contributed by atoms with E-state index in [0.717, 1.165) is 96.3 Å². The van der Waals surface area contributed by atoms with Gasteiger partial charge in [0.05, 0.1) is 0 Å². The lowest BCUT2D eigenvalue weighted by Crippen LogP contribution is -2.18. The molecule has 0 spiro atoms. The molecule has 0 amide bonds. The van der Waals surface area contributed by atoms with E-state index in [1.165, 1.54) is 161 Å². The third-order valence-electron chi connectivity index (χ3n) is 12.1. The van der Waals surface area contributed by atoms with Gasteiger partial charge in [0.15, 0.2) is 0 Å². The predicted molar refractivity (Wildman–Crippen MR) is 260 cm³/mol. The Balaban J connectivity index is 4.14. The molecule has 0 bridgehead atoms. The predicted octanol–water partition coefficient (Wildman–Crippen LogP) is 18.0. The topological polar surface area (TPSA) is 69.7 Å². The van der Waals surface area contributed by atoms with E-state index in [0.29, 0.717) is 18.6 Å². The molecule has 0 saturated carbocycles. The van der Waals surface area contributed by atoms with Crippen molar-refractivity contribution in [2.24, 2.45) is 0 Å². The van der Waals surface area contributed by atoms with Crippen molar-refractivity contribution in [1.82, 2.24) is 0 Å². The molecule has 352 valence electrons. The molecule has 0 aromatic carbocycles. The molecule has 0 aliphatic rings. The smallest absolute Gasteiger partial charge is 0.306 e. The van der Waals surface area contributed by atoms with Crippen LogP contribution in [-0.2, 0) is 23.9 Å². The summed E-state index contributed by atoms with van der Waals surface area (Å²) in [5.41, 5.74) is 0. The van der Waals surface area contributed by atoms with E-state index in [1.54, 1.807) is 6.92 Å². The standard InChI is InChI=1S/C55H102O5/c1-5-8-11-14-15-16-17-18-19-20-21-22-30-35-42-49-54(57)59-53(46-39-13-10-7-3)48-41-34-29-25-26-31-36-43-50-55(58)60-52(45-38-12-9-6-2)47-40-33-28-24-23-27-32-37-44-51(4)56/h18-19,33,40,52-53H,5-17,20-32,34-39,41-50H2,1-4H3/b19-18+,40-33+. The Morgan fingerprint density at radius 1 is 0.350 bits per heavy atom. The number of ketones is 1. The summed E-state index contributed by atoms with van der Waals surface area (Å²) < 4.78 is 12.0. The van der Waals surface area contributed by atoms with E-state index < -0.39 is 0 Å². The molecule has 0 rings (SSSR count). The van der Waals surface area contributed by atoms with Crippen LogP contribution in [0.3, 0.4) is 0 Å². The van der Waals surface area contributed by atoms with Crippen LogP contribution in [0.15, 0.2) is 24.3 Å². The normalized spacial score (nSPS) is 12.7.